The maximum absolute atomic E-state index is 11.3. The highest BCUT2D eigenvalue weighted by molar-refractivity contribution is 7.90. The zero-order valence-corrected chi connectivity index (χ0v) is 11.6. The second kappa shape index (κ2) is 5.00. The van der Waals surface area contributed by atoms with Gasteiger partial charge in [-0.1, -0.05) is 12.1 Å². The number of aliphatic carboxylic acids is 1. The molecule has 0 saturated heterocycles. The molecule has 0 aromatic heterocycles. The second-order valence-electron chi connectivity index (χ2n) is 4.41. The van der Waals surface area contributed by atoms with E-state index >= 15 is 0 Å². The van der Waals surface area contributed by atoms with Gasteiger partial charge in [-0.3, -0.25) is 4.79 Å². The third kappa shape index (κ3) is 3.31. The monoisotopic (exact) mass is 285 g/mol. The van der Waals surface area contributed by atoms with Gasteiger partial charge in [0.15, 0.2) is 15.4 Å². The van der Waals surface area contributed by atoms with Crippen molar-refractivity contribution in [1.29, 1.82) is 0 Å². The van der Waals surface area contributed by atoms with Crippen LogP contribution in [0.4, 0.5) is 0 Å². The summed E-state index contributed by atoms with van der Waals surface area (Å²) in [5.41, 5.74) is -1.30. The van der Waals surface area contributed by atoms with Crippen molar-refractivity contribution < 1.29 is 23.1 Å². The lowest BCUT2D eigenvalue weighted by Crippen LogP contribution is -2.48. The van der Waals surface area contributed by atoms with Crippen molar-refractivity contribution in [2.75, 3.05) is 6.26 Å². The number of nitrogens with one attached hydrogen (secondary N) is 1. The lowest BCUT2D eigenvalue weighted by molar-refractivity contribution is -0.147. The molecule has 0 heterocycles. The Morgan fingerprint density at radius 3 is 2.00 bits per heavy atom. The predicted octanol–water partition coefficient (Wildman–Crippen LogP) is 0.526. The van der Waals surface area contributed by atoms with E-state index in [9.17, 15) is 23.1 Å². The van der Waals surface area contributed by atoms with Crippen LogP contribution in [-0.2, 0) is 25.0 Å². The Morgan fingerprint density at radius 1 is 1.21 bits per heavy atom. The Labute approximate surface area is 111 Å². The van der Waals surface area contributed by atoms with Crippen LogP contribution in [0.2, 0.25) is 0 Å². The molecule has 0 spiro atoms. The van der Waals surface area contributed by atoms with Crippen molar-refractivity contribution in [2.45, 2.75) is 24.3 Å². The molecule has 2 N–H and O–H groups in total. The normalized spacial score (nSPS) is 14.5. The second-order valence-corrected chi connectivity index (χ2v) is 6.42. The summed E-state index contributed by atoms with van der Waals surface area (Å²) in [6.45, 7) is 2.55. The molecule has 0 bridgehead atoms. The Hall–Kier alpha value is -1.89. The van der Waals surface area contributed by atoms with Gasteiger partial charge in [-0.15, -0.1) is 0 Å². The highest BCUT2D eigenvalue weighted by atomic mass is 32.2. The molecule has 6 nitrogen and oxygen atoms in total. The molecule has 0 aliphatic rings. The molecule has 104 valence electrons. The summed E-state index contributed by atoms with van der Waals surface area (Å²) in [4.78, 5) is 22.5. The maximum atomic E-state index is 11.3. The topological polar surface area (TPSA) is 101 Å². The number of amides is 1. The lowest BCUT2D eigenvalue weighted by atomic mass is 9.92. The molecule has 0 aliphatic carbocycles. The van der Waals surface area contributed by atoms with Crippen LogP contribution in [0.25, 0.3) is 0 Å². The largest absolute Gasteiger partial charge is 0.479 e. The van der Waals surface area contributed by atoms with Crippen molar-refractivity contribution >= 4 is 21.7 Å². The van der Waals surface area contributed by atoms with Gasteiger partial charge in [0.2, 0.25) is 5.91 Å². The summed E-state index contributed by atoms with van der Waals surface area (Å²) in [5.74, 6) is -1.72. The van der Waals surface area contributed by atoms with Gasteiger partial charge in [-0.05, 0) is 24.6 Å². The van der Waals surface area contributed by atoms with Crippen molar-refractivity contribution in [2.24, 2.45) is 0 Å². The molecule has 1 aromatic carbocycles. The van der Waals surface area contributed by atoms with E-state index in [0.29, 0.717) is 5.56 Å². The number of carboxylic acids is 1. The van der Waals surface area contributed by atoms with Crippen molar-refractivity contribution in [3.8, 4) is 0 Å². The Bertz CT molecular complexity index is 606. The first-order valence-corrected chi connectivity index (χ1v) is 7.29. The summed E-state index contributed by atoms with van der Waals surface area (Å²) >= 11 is 0. The van der Waals surface area contributed by atoms with Crippen LogP contribution < -0.4 is 5.32 Å². The minimum absolute atomic E-state index is 0.0896. The summed E-state index contributed by atoms with van der Waals surface area (Å²) in [6.07, 6.45) is 1.06. The minimum Gasteiger partial charge on any atom is -0.479 e. The Balaban J connectivity index is 3.26. The molecule has 1 rings (SSSR count). The van der Waals surface area contributed by atoms with E-state index in [4.69, 9.17) is 0 Å². The summed E-state index contributed by atoms with van der Waals surface area (Å²) in [7, 11) is -3.34. The molecule has 19 heavy (non-hydrogen) atoms. The van der Waals surface area contributed by atoms with E-state index in [-0.39, 0.29) is 4.90 Å². The number of hydrogen-bond acceptors (Lipinski definition) is 4. The molecule has 0 radical (unpaired) electrons. The summed E-state index contributed by atoms with van der Waals surface area (Å²) < 4.78 is 22.6. The Morgan fingerprint density at radius 2 is 1.68 bits per heavy atom. The summed E-state index contributed by atoms with van der Waals surface area (Å²) in [5, 5.41) is 11.6. The number of carboxylic acid groups (broad SMARTS) is 1. The van der Waals surface area contributed by atoms with Crippen LogP contribution in [0, 0.1) is 0 Å². The molecule has 0 aliphatic heterocycles. The average Bonchev–Trinajstić information content (AvgIpc) is 2.26. The van der Waals surface area contributed by atoms with Crippen LogP contribution in [0.15, 0.2) is 29.2 Å². The van der Waals surface area contributed by atoms with Gasteiger partial charge >= 0.3 is 5.97 Å². The first-order valence-electron chi connectivity index (χ1n) is 5.40. The molecule has 0 fully saturated rings. The fourth-order valence-corrected chi connectivity index (χ4v) is 2.27. The lowest BCUT2D eigenvalue weighted by Gasteiger charge is -2.26. The molecular formula is C12H15NO5S. The first kappa shape index (κ1) is 15.2. The van der Waals surface area contributed by atoms with Crippen LogP contribution in [0.3, 0.4) is 0 Å². The third-order valence-electron chi connectivity index (χ3n) is 2.71. The summed E-state index contributed by atoms with van der Waals surface area (Å²) in [6, 6.07) is 5.38. The number of rotatable bonds is 4. The molecule has 0 unspecified atom stereocenters. The van der Waals surface area contributed by atoms with Crippen molar-refractivity contribution in [1.82, 2.24) is 5.32 Å². The predicted molar refractivity (Wildman–Crippen MR) is 68.4 cm³/mol. The zero-order valence-electron chi connectivity index (χ0n) is 10.8. The van der Waals surface area contributed by atoms with Crippen LogP contribution >= 0.6 is 0 Å². The maximum Gasteiger partial charge on any atom is 0.333 e. The van der Waals surface area contributed by atoms with Gasteiger partial charge < -0.3 is 10.4 Å². The van der Waals surface area contributed by atoms with E-state index in [0.717, 1.165) is 6.26 Å². The van der Waals surface area contributed by atoms with Gasteiger partial charge in [-0.25, -0.2) is 13.2 Å². The average molecular weight is 285 g/mol. The first-order chi connectivity index (χ1) is 8.57. The molecule has 1 amide bonds. The standard InChI is InChI=1S/C12H15NO5S/c1-8(14)13-12(2,11(15)16)9-4-6-10(7-5-9)19(3,17)18/h4-7H,1-3H3,(H,13,14)(H,15,16)/t12-/m1/s1. The molecule has 1 aromatic rings. The quantitative estimate of drug-likeness (QED) is 0.840. The number of hydrogen-bond donors (Lipinski definition) is 2. The minimum atomic E-state index is -3.34. The van der Waals surface area contributed by atoms with Gasteiger partial charge in [0.25, 0.3) is 0 Å². The highest BCUT2D eigenvalue weighted by Crippen LogP contribution is 2.23. The van der Waals surface area contributed by atoms with Crippen molar-refractivity contribution in [3.05, 3.63) is 29.8 Å². The molecule has 1 atom stereocenters. The van der Waals surface area contributed by atoms with Crippen LogP contribution in [-0.4, -0.2) is 31.7 Å². The molecular weight excluding hydrogens is 270 g/mol. The molecule has 0 saturated carbocycles. The number of sulfone groups is 1. The number of benzene rings is 1. The smallest absolute Gasteiger partial charge is 0.333 e. The SMILES string of the molecule is CC(=O)N[C@@](C)(C(=O)O)c1ccc(S(C)(=O)=O)cc1. The zero-order chi connectivity index (χ0) is 14.8. The van der Waals surface area contributed by atoms with Crippen molar-refractivity contribution in [3.63, 3.8) is 0 Å². The van der Waals surface area contributed by atoms with E-state index in [1.165, 1.54) is 38.1 Å². The van der Waals surface area contributed by atoms with Gasteiger partial charge in [0, 0.05) is 13.2 Å². The van der Waals surface area contributed by atoms with E-state index in [1.54, 1.807) is 0 Å². The fourth-order valence-electron chi connectivity index (χ4n) is 1.64. The van der Waals surface area contributed by atoms with E-state index in [2.05, 4.69) is 5.32 Å². The number of carbonyl (C=O) groups excluding carboxylic acids is 1. The highest BCUT2D eigenvalue weighted by Gasteiger charge is 2.36. The molecule has 7 heteroatoms. The third-order valence-corrected chi connectivity index (χ3v) is 3.84. The van der Waals surface area contributed by atoms with Gasteiger partial charge in [-0.2, -0.15) is 0 Å². The van der Waals surface area contributed by atoms with Gasteiger partial charge in [0.1, 0.15) is 0 Å². The Kier molecular flexibility index (Phi) is 4.00. The van der Waals surface area contributed by atoms with E-state index < -0.39 is 27.3 Å². The number of carbonyl (C=O) groups is 2. The van der Waals surface area contributed by atoms with Crippen LogP contribution in [0.5, 0.6) is 0 Å². The van der Waals surface area contributed by atoms with Crippen LogP contribution in [0.1, 0.15) is 19.4 Å². The van der Waals surface area contributed by atoms with E-state index in [1.807, 2.05) is 0 Å². The fraction of sp³-hybridized carbons (Fsp3) is 0.333. The van der Waals surface area contributed by atoms with Gasteiger partial charge in [0.05, 0.1) is 4.90 Å².